The van der Waals surface area contributed by atoms with Crippen LogP contribution < -0.4 is 11.1 Å². The second kappa shape index (κ2) is 6.95. The van der Waals surface area contributed by atoms with Crippen molar-refractivity contribution in [3.63, 3.8) is 0 Å². The highest BCUT2D eigenvalue weighted by molar-refractivity contribution is 7.80. The van der Waals surface area contributed by atoms with E-state index in [-0.39, 0.29) is 5.60 Å². The van der Waals surface area contributed by atoms with Crippen molar-refractivity contribution in [2.75, 3.05) is 11.9 Å². The van der Waals surface area contributed by atoms with Gasteiger partial charge in [0.05, 0.1) is 5.60 Å². The maximum atomic E-state index is 6.03. The summed E-state index contributed by atoms with van der Waals surface area (Å²) in [5, 5.41) is 4.22. The van der Waals surface area contributed by atoms with Crippen molar-refractivity contribution < 1.29 is 4.74 Å². The van der Waals surface area contributed by atoms with E-state index in [4.69, 9.17) is 34.3 Å². The predicted molar refractivity (Wildman–Crippen MR) is 93.2 cm³/mol. The first-order valence-electron chi connectivity index (χ1n) is 7.49. The number of hydrogen-bond donors (Lipinski definition) is 2. The number of halogens is 1. The molecule has 0 aromatic heterocycles. The molecule has 1 atom stereocenters. The Morgan fingerprint density at radius 1 is 1.48 bits per heavy atom. The van der Waals surface area contributed by atoms with Gasteiger partial charge in [-0.2, -0.15) is 0 Å². The summed E-state index contributed by atoms with van der Waals surface area (Å²) in [6.45, 7) is 5.17. The minimum absolute atomic E-state index is 0.00821. The van der Waals surface area contributed by atoms with Gasteiger partial charge in [-0.15, -0.1) is 0 Å². The molecule has 1 fully saturated rings. The van der Waals surface area contributed by atoms with E-state index in [2.05, 4.69) is 19.2 Å². The fraction of sp³-hybridized carbons (Fsp3) is 0.562. The summed E-state index contributed by atoms with van der Waals surface area (Å²) in [6, 6.07) is 6.00. The molecule has 0 bridgehead atoms. The molecule has 21 heavy (non-hydrogen) atoms. The van der Waals surface area contributed by atoms with Crippen LogP contribution in [-0.2, 0) is 4.74 Å². The largest absolute Gasteiger partial charge is 0.389 e. The summed E-state index contributed by atoms with van der Waals surface area (Å²) in [4.78, 5) is 0.365. The molecule has 116 valence electrons. The smallest absolute Gasteiger partial charge is 0.106 e. The zero-order valence-electron chi connectivity index (χ0n) is 12.6. The van der Waals surface area contributed by atoms with Gasteiger partial charge in [0, 0.05) is 28.9 Å². The van der Waals surface area contributed by atoms with Gasteiger partial charge in [0.15, 0.2) is 0 Å². The standard InChI is InChI=1S/C16H23ClN2OS/c1-3-16(4-2)10-12(7-8-20-16)19-14-6-5-11(17)9-13(14)15(18)21/h5-6,9,12,19H,3-4,7-8,10H2,1-2H3,(H2,18,21). The Morgan fingerprint density at radius 3 is 2.81 bits per heavy atom. The van der Waals surface area contributed by atoms with E-state index in [1.165, 1.54) is 0 Å². The average Bonchev–Trinajstić information content (AvgIpc) is 2.49. The zero-order chi connectivity index (χ0) is 15.5. The zero-order valence-corrected chi connectivity index (χ0v) is 14.2. The Bertz CT molecular complexity index is 517. The summed E-state index contributed by atoms with van der Waals surface area (Å²) < 4.78 is 6.02. The van der Waals surface area contributed by atoms with Crippen LogP contribution in [0.25, 0.3) is 0 Å². The summed E-state index contributed by atoms with van der Waals surface area (Å²) in [6.07, 6.45) is 4.05. The number of thiocarbonyl (C=S) groups is 1. The molecular formula is C16H23ClN2OS. The molecule has 1 unspecified atom stereocenters. The molecule has 1 aliphatic rings. The number of nitrogens with one attached hydrogen (secondary N) is 1. The summed E-state index contributed by atoms with van der Waals surface area (Å²) in [7, 11) is 0. The van der Waals surface area contributed by atoms with Crippen molar-refractivity contribution in [1.29, 1.82) is 0 Å². The van der Waals surface area contributed by atoms with Crippen LogP contribution in [0.15, 0.2) is 18.2 Å². The van der Waals surface area contributed by atoms with Crippen LogP contribution >= 0.6 is 23.8 Å². The van der Waals surface area contributed by atoms with Crippen molar-refractivity contribution in [3.8, 4) is 0 Å². The van der Waals surface area contributed by atoms with Crippen molar-refractivity contribution in [2.24, 2.45) is 5.73 Å². The lowest BCUT2D eigenvalue weighted by Gasteiger charge is -2.40. The van der Waals surface area contributed by atoms with Gasteiger partial charge in [-0.05, 0) is 43.9 Å². The Morgan fingerprint density at radius 2 is 2.19 bits per heavy atom. The highest BCUT2D eigenvalue weighted by atomic mass is 35.5. The molecule has 0 radical (unpaired) electrons. The Kier molecular flexibility index (Phi) is 5.47. The van der Waals surface area contributed by atoms with Gasteiger partial charge in [-0.1, -0.05) is 37.7 Å². The second-order valence-electron chi connectivity index (χ2n) is 5.63. The first kappa shape index (κ1) is 16.5. The van der Waals surface area contributed by atoms with E-state index in [9.17, 15) is 0 Å². The van der Waals surface area contributed by atoms with E-state index in [1.807, 2.05) is 18.2 Å². The molecular weight excluding hydrogens is 304 g/mol. The molecule has 1 saturated heterocycles. The Balaban J connectivity index is 2.16. The third-order valence-corrected chi connectivity index (χ3v) is 4.84. The lowest BCUT2D eigenvalue weighted by atomic mass is 9.85. The lowest BCUT2D eigenvalue weighted by Crippen LogP contribution is -2.43. The Hall–Kier alpha value is -0.840. The fourth-order valence-corrected chi connectivity index (χ4v) is 3.30. The van der Waals surface area contributed by atoms with Crippen LogP contribution in [0.4, 0.5) is 5.69 Å². The summed E-state index contributed by atoms with van der Waals surface area (Å²) >= 11 is 11.2. The molecule has 3 N–H and O–H groups in total. The first-order chi connectivity index (χ1) is 9.99. The molecule has 2 rings (SSSR count). The van der Waals surface area contributed by atoms with Crippen molar-refractivity contribution in [2.45, 2.75) is 51.2 Å². The predicted octanol–water partition coefficient (Wildman–Crippen LogP) is 4.12. The number of hydrogen-bond acceptors (Lipinski definition) is 3. The second-order valence-corrected chi connectivity index (χ2v) is 6.50. The summed E-state index contributed by atoms with van der Waals surface area (Å²) in [5.41, 5.74) is 7.56. The van der Waals surface area contributed by atoms with Gasteiger partial charge in [0.25, 0.3) is 0 Å². The monoisotopic (exact) mass is 326 g/mol. The highest BCUT2D eigenvalue weighted by Gasteiger charge is 2.34. The minimum atomic E-state index is -0.00821. The van der Waals surface area contributed by atoms with E-state index >= 15 is 0 Å². The number of benzene rings is 1. The van der Waals surface area contributed by atoms with Gasteiger partial charge < -0.3 is 15.8 Å². The van der Waals surface area contributed by atoms with E-state index in [1.54, 1.807) is 0 Å². The van der Waals surface area contributed by atoms with Gasteiger partial charge in [-0.25, -0.2) is 0 Å². The van der Waals surface area contributed by atoms with Gasteiger partial charge in [0.1, 0.15) is 4.99 Å². The molecule has 1 aromatic carbocycles. The van der Waals surface area contributed by atoms with Crippen LogP contribution in [0.5, 0.6) is 0 Å². The number of anilines is 1. The minimum Gasteiger partial charge on any atom is -0.389 e. The maximum Gasteiger partial charge on any atom is 0.106 e. The van der Waals surface area contributed by atoms with E-state index < -0.39 is 0 Å². The normalized spacial score (nSPS) is 21.0. The molecule has 1 aromatic rings. The van der Waals surface area contributed by atoms with E-state index in [0.717, 1.165) is 43.5 Å². The van der Waals surface area contributed by atoms with Gasteiger partial charge in [-0.3, -0.25) is 0 Å². The average molecular weight is 327 g/mol. The summed E-state index contributed by atoms with van der Waals surface area (Å²) in [5.74, 6) is 0. The number of ether oxygens (including phenoxy) is 1. The highest BCUT2D eigenvalue weighted by Crippen LogP contribution is 2.33. The quantitative estimate of drug-likeness (QED) is 0.799. The third kappa shape index (κ3) is 3.87. The van der Waals surface area contributed by atoms with E-state index in [0.29, 0.717) is 16.1 Å². The molecule has 5 heteroatoms. The van der Waals surface area contributed by atoms with Gasteiger partial charge in [0.2, 0.25) is 0 Å². The molecule has 1 heterocycles. The van der Waals surface area contributed by atoms with Gasteiger partial charge >= 0.3 is 0 Å². The van der Waals surface area contributed by atoms with Crippen molar-refractivity contribution in [3.05, 3.63) is 28.8 Å². The SMILES string of the molecule is CCC1(CC)CC(Nc2ccc(Cl)cc2C(N)=S)CCO1. The lowest BCUT2D eigenvalue weighted by molar-refractivity contribution is -0.0864. The number of rotatable bonds is 5. The molecule has 0 aliphatic carbocycles. The van der Waals surface area contributed by atoms with Crippen molar-refractivity contribution >= 4 is 34.5 Å². The van der Waals surface area contributed by atoms with Crippen LogP contribution in [0.3, 0.4) is 0 Å². The van der Waals surface area contributed by atoms with Crippen LogP contribution in [0.1, 0.15) is 45.1 Å². The molecule has 0 saturated carbocycles. The molecule has 1 aliphatic heterocycles. The molecule has 0 amide bonds. The molecule has 0 spiro atoms. The topological polar surface area (TPSA) is 47.3 Å². The maximum absolute atomic E-state index is 6.03. The molecule has 3 nitrogen and oxygen atoms in total. The fourth-order valence-electron chi connectivity index (χ4n) is 2.96. The van der Waals surface area contributed by atoms with Crippen LogP contribution in [0, 0.1) is 0 Å². The van der Waals surface area contributed by atoms with Crippen molar-refractivity contribution in [1.82, 2.24) is 0 Å². The number of nitrogens with two attached hydrogens (primary N) is 1. The van der Waals surface area contributed by atoms with Crippen LogP contribution in [-0.4, -0.2) is 23.2 Å². The Labute approximate surface area is 137 Å². The van der Waals surface area contributed by atoms with Crippen LogP contribution in [0.2, 0.25) is 5.02 Å². The first-order valence-corrected chi connectivity index (χ1v) is 8.28. The third-order valence-electron chi connectivity index (χ3n) is 4.39.